The molecule has 2 N–H and O–H groups in total. The molecular formula is C16H22FNO4. The highest BCUT2D eigenvalue weighted by atomic mass is 19.1. The molecule has 0 spiro atoms. The lowest BCUT2D eigenvalue weighted by molar-refractivity contribution is 0.0359. The van der Waals surface area contributed by atoms with Crippen molar-refractivity contribution in [2.45, 2.75) is 58.0 Å². The summed E-state index contributed by atoms with van der Waals surface area (Å²) in [5.41, 5.74) is -0.100. The Balaban J connectivity index is 1.79. The summed E-state index contributed by atoms with van der Waals surface area (Å²) in [5, 5.41) is 12.0. The molecule has 1 aromatic carbocycles. The van der Waals surface area contributed by atoms with E-state index in [1.54, 1.807) is 0 Å². The molecule has 0 heterocycles. The normalized spacial score (nSPS) is 21.0. The number of hydrogen-bond donors (Lipinski definition) is 2. The van der Waals surface area contributed by atoms with Gasteiger partial charge in [-0.2, -0.15) is 0 Å². The molecule has 5 nitrogen and oxygen atoms in total. The largest absolute Gasteiger partial charge is 0.490 e. The Morgan fingerprint density at radius 2 is 2.09 bits per heavy atom. The number of alkyl carbamates (subject to hydrolysis) is 1. The molecule has 0 atom stereocenters. The molecule has 1 amide bonds. The molecule has 0 saturated heterocycles. The van der Waals surface area contributed by atoms with E-state index in [4.69, 9.17) is 9.47 Å². The van der Waals surface area contributed by atoms with Crippen LogP contribution in [-0.2, 0) is 11.3 Å². The van der Waals surface area contributed by atoms with Crippen molar-refractivity contribution in [1.29, 1.82) is 0 Å². The van der Waals surface area contributed by atoms with Crippen molar-refractivity contribution in [3.8, 4) is 5.75 Å². The summed E-state index contributed by atoms with van der Waals surface area (Å²) in [6, 6.07) is 4.07. The first-order chi connectivity index (χ1) is 10.3. The average Bonchev–Trinajstić information content (AvgIpc) is 2.35. The number of nitrogens with one attached hydrogen (secondary N) is 1. The van der Waals surface area contributed by atoms with Gasteiger partial charge in [0.15, 0.2) is 0 Å². The molecule has 2 rings (SSSR count). The van der Waals surface area contributed by atoms with E-state index in [1.807, 2.05) is 20.8 Å². The number of hydrogen-bond acceptors (Lipinski definition) is 4. The summed E-state index contributed by atoms with van der Waals surface area (Å²) in [5.74, 6) is 0.0686. The molecule has 6 heteroatoms. The summed E-state index contributed by atoms with van der Waals surface area (Å²) in [6.07, 6.45) is 0.813. The lowest BCUT2D eigenvalue weighted by Crippen LogP contribution is -2.50. The van der Waals surface area contributed by atoms with Gasteiger partial charge in [-0.3, -0.25) is 0 Å². The van der Waals surface area contributed by atoms with Crippen LogP contribution in [0.4, 0.5) is 9.18 Å². The van der Waals surface area contributed by atoms with E-state index < -0.39 is 17.5 Å². The number of benzene rings is 1. The van der Waals surface area contributed by atoms with Crippen molar-refractivity contribution in [2.75, 3.05) is 0 Å². The van der Waals surface area contributed by atoms with Gasteiger partial charge < -0.3 is 19.9 Å². The summed E-state index contributed by atoms with van der Waals surface area (Å²) in [7, 11) is 0. The quantitative estimate of drug-likeness (QED) is 0.897. The van der Waals surface area contributed by atoms with Gasteiger partial charge in [0, 0.05) is 24.4 Å². The van der Waals surface area contributed by atoms with Gasteiger partial charge in [-0.05, 0) is 39.0 Å². The van der Waals surface area contributed by atoms with Gasteiger partial charge in [0.05, 0.1) is 6.61 Å². The maximum Gasteiger partial charge on any atom is 0.407 e. The first-order valence-corrected chi connectivity index (χ1v) is 7.32. The van der Waals surface area contributed by atoms with Crippen molar-refractivity contribution in [3.63, 3.8) is 0 Å². The van der Waals surface area contributed by atoms with E-state index in [1.165, 1.54) is 18.2 Å². The first-order valence-electron chi connectivity index (χ1n) is 7.32. The number of aliphatic hydroxyl groups excluding tert-OH is 1. The van der Waals surface area contributed by atoms with Crippen LogP contribution in [0.25, 0.3) is 0 Å². The van der Waals surface area contributed by atoms with Crippen molar-refractivity contribution in [3.05, 3.63) is 29.6 Å². The summed E-state index contributed by atoms with van der Waals surface area (Å²) >= 11 is 0. The number of amides is 1. The average molecular weight is 311 g/mol. The zero-order valence-electron chi connectivity index (χ0n) is 13.1. The van der Waals surface area contributed by atoms with Gasteiger partial charge in [0.1, 0.15) is 23.3 Å². The minimum absolute atomic E-state index is 0.0119. The van der Waals surface area contributed by atoms with Gasteiger partial charge in [-0.25, -0.2) is 9.18 Å². The van der Waals surface area contributed by atoms with E-state index in [9.17, 15) is 14.3 Å². The van der Waals surface area contributed by atoms with Crippen molar-refractivity contribution in [1.82, 2.24) is 5.32 Å². The van der Waals surface area contributed by atoms with E-state index in [-0.39, 0.29) is 18.8 Å². The van der Waals surface area contributed by atoms with Crippen LogP contribution in [0.3, 0.4) is 0 Å². The Kier molecular flexibility index (Phi) is 4.90. The SMILES string of the molecule is CC(C)(C)OC(=O)N[C@H]1C[C@@H](Oc2ccc(F)cc2CO)C1. The van der Waals surface area contributed by atoms with Gasteiger partial charge in [-0.1, -0.05) is 0 Å². The third kappa shape index (κ3) is 4.59. The summed E-state index contributed by atoms with van der Waals surface area (Å²) < 4.78 is 24.0. The number of ether oxygens (including phenoxy) is 2. The van der Waals surface area contributed by atoms with E-state index in [0.717, 1.165) is 0 Å². The lowest BCUT2D eigenvalue weighted by atomic mass is 9.89. The Labute approximate surface area is 129 Å². The lowest BCUT2D eigenvalue weighted by Gasteiger charge is -2.36. The monoisotopic (exact) mass is 311 g/mol. The van der Waals surface area contributed by atoms with Crippen LogP contribution in [0, 0.1) is 5.82 Å². The van der Waals surface area contributed by atoms with Crippen LogP contribution in [0.1, 0.15) is 39.2 Å². The van der Waals surface area contributed by atoms with E-state index >= 15 is 0 Å². The fraction of sp³-hybridized carbons (Fsp3) is 0.562. The fourth-order valence-corrected chi connectivity index (χ4v) is 2.22. The van der Waals surface area contributed by atoms with Crippen molar-refractivity contribution in [2.24, 2.45) is 0 Å². The Hall–Kier alpha value is -1.82. The molecule has 0 aliphatic heterocycles. The summed E-state index contributed by atoms with van der Waals surface area (Å²) in [6.45, 7) is 5.15. The number of carbonyl (C=O) groups excluding carboxylic acids is 1. The van der Waals surface area contributed by atoms with E-state index in [2.05, 4.69) is 5.32 Å². The third-order valence-electron chi connectivity index (χ3n) is 3.30. The van der Waals surface area contributed by atoms with Crippen LogP contribution in [0.5, 0.6) is 5.75 Å². The predicted octanol–water partition coefficient (Wildman–Crippen LogP) is 2.75. The van der Waals surface area contributed by atoms with Crippen LogP contribution in [-0.4, -0.2) is 28.9 Å². The predicted molar refractivity (Wildman–Crippen MR) is 79.1 cm³/mol. The molecule has 1 aliphatic carbocycles. The molecule has 1 aromatic rings. The second-order valence-electron chi connectivity index (χ2n) is 6.46. The third-order valence-corrected chi connectivity index (χ3v) is 3.30. The zero-order chi connectivity index (χ0) is 16.3. The highest BCUT2D eigenvalue weighted by Crippen LogP contribution is 2.29. The zero-order valence-corrected chi connectivity index (χ0v) is 13.1. The Bertz CT molecular complexity index is 535. The molecule has 1 aliphatic rings. The van der Waals surface area contributed by atoms with Gasteiger partial charge in [-0.15, -0.1) is 0 Å². The smallest absolute Gasteiger partial charge is 0.407 e. The second kappa shape index (κ2) is 6.52. The first kappa shape index (κ1) is 16.5. The Morgan fingerprint density at radius 1 is 1.41 bits per heavy atom. The van der Waals surface area contributed by atoms with Crippen molar-refractivity contribution >= 4 is 6.09 Å². The van der Waals surface area contributed by atoms with E-state index in [0.29, 0.717) is 24.2 Å². The number of rotatable bonds is 4. The highest BCUT2D eigenvalue weighted by Gasteiger charge is 2.33. The molecule has 1 saturated carbocycles. The van der Waals surface area contributed by atoms with Crippen LogP contribution < -0.4 is 10.1 Å². The molecule has 22 heavy (non-hydrogen) atoms. The standard InChI is InChI=1S/C16H22FNO4/c1-16(2,3)22-15(20)18-12-7-13(8-12)21-14-5-4-11(17)6-10(14)9-19/h4-6,12-13,19H,7-9H2,1-3H3,(H,18,20)/t12-,13+. The molecule has 0 bridgehead atoms. The van der Waals surface area contributed by atoms with Crippen LogP contribution >= 0.6 is 0 Å². The molecule has 122 valence electrons. The molecule has 1 fully saturated rings. The van der Waals surface area contributed by atoms with Crippen LogP contribution in [0.15, 0.2) is 18.2 Å². The number of halogens is 1. The molecule has 0 unspecified atom stereocenters. The number of aliphatic hydroxyl groups is 1. The van der Waals surface area contributed by atoms with Crippen molar-refractivity contribution < 1.29 is 23.8 Å². The maximum atomic E-state index is 13.1. The number of carbonyl (C=O) groups is 1. The van der Waals surface area contributed by atoms with Gasteiger partial charge in [0.2, 0.25) is 0 Å². The molecule has 0 radical (unpaired) electrons. The molecule has 0 aromatic heterocycles. The molecular weight excluding hydrogens is 289 g/mol. The minimum atomic E-state index is -0.520. The maximum absolute atomic E-state index is 13.1. The van der Waals surface area contributed by atoms with Crippen LogP contribution in [0.2, 0.25) is 0 Å². The summed E-state index contributed by atoms with van der Waals surface area (Å²) in [4.78, 5) is 11.6. The van der Waals surface area contributed by atoms with Gasteiger partial charge >= 0.3 is 6.09 Å². The highest BCUT2D eigenvalue weighted by molar-refractivity contribution is 5.68. The Morgan fingerprint density at radius 3 is 2.68 bits per heavy atom. The van der Waals surface area contributed by atoms with Gasteiger partial charge in [0.25, 0.3) is 0 Å². The fourth-order valence-electron chi connectivity index (χ4n) is 2.22. The second-order valence-corrected chi connectivity index (χ2v) is 6.46. The minimum Gasteiger partial charge on any atom is -0.490 e. The topological polar surface area (TPSA) is 67.8 Å².